The third-order valence-electron chi connectivity index (χ3n) is 4.06. The van der Waals surface area contributed by atoms with Gasteiger partial charge in [-0.15, -0.1) is 35.3 Å². The zero-order chi connectivity index (χ0) is 20.9. The van der Waals surface area contributed by atoms with Crippen molar-refractivity contribution in [1.29, 1.82) is 0 Å². The zero-order valence-corrected chi connectivity index (χ0v) is 19.9. The molecule has 0 fully saturated rings. The molecule has 0 amide bonds. The predicted octanol–water partition coefficient (Wildman–Crippen LogP) is 4.31. The van der Waals surface area contributed by atoms with Gasteiger partial charge in [0, 0.05) is 26.0 Å². The molecule has 162 valence electrons. The van der Waals surface area contributed by atoms with Crippen LogP contribution in [0.5, 0.6) is 11.5 Å². The Bertz CT molecular complexity index is 843. The molecule has 1 aromatic heterocycles. The summed E-state index contributed by atoms with van der Waals surface area (Å²) in [6.45, 7) is 2.65. The van der Waals surface area contributed by atoms with Crippen LogP contribution < -0.4 is 14.8 Å². The number of aromatic nitrogens is 1. The van der Waals surface area contributed by atoms with Crippen molar-refractivity contribution in [3.8, 4) is 11.5 Å². The topological polar surface area (TPSA) is 59.0 Å². The molecule has 0 saturated heterocycles. The molecular weight excluding hydrogens is 520 g/mol. The van der Waals surface area contributed by atoms with Crippen LogP contribution in [0, 0.1) is 6.92 Å². The summed E-state index contributed by atoms with van der Waals surface area (Å²) in [5.41, 5.74) is 1.16. The van der Waals surface area contributed by atoms with Crippen molar-refractivity contribution in [2.24, 2.45) is 4.99 Å². The molecule has 0 radical (unpaired) electrons. The maximum absolute atomic E-state index is 12.7. The van der Waals surface area contributed by atoms with Crippen LogP contribution in [0.3, 0.4) is 0 Å². The summed E-state index contributed by atoms with van der Waals surface area (Å²) in [6.07, 6.45) is -4.43. The number of rotatable bonds is 6. The molecule has 0 bridgehead atoms. The van der Waals surface area contributed by atoms with Gasteiger partial charge < -0.3 is 19.7 Å². The normalized spacial score (nSPS) is 11.7. The van der Waals surface area contributed by atoms with Crippen molar-refractivity contribution in [3.05, 3.63) is 39.3 Å². The first-order valence-electron chi connectivity index (χ1n) is 8.34. The van der Waals surface area contributed by atoms with Gasteiger partial charge in [-0.2, -0.15) is 13.2 Å². The third-order valence-corrected chi connectivity index (χ3v) is 4.91. The lowest BCUT2D eigenvalue weighted by Crippen LogP contribution is -2.38. The van der Waals surface area contributed by atoms with Gasteiger partial charge in [0.05, 0.1) is 20.8 Å². The van der Waals surface area contributed by atoms with Gasteiger partial charge in [0.15, 0.2) is 23.2 Å². The van der Waals surface area contributed by atoms with Gasteiger partial charge in [-0.3, -0.25) is 4.99 Å². The van der Waals surface area contributed by atoms with Gasteiger partial charge in [-0.05, 0) is 30.2 Å². The Balaban J connectivity index is 0.00000420. The number of thiazole rings is 1. The summed E-state index contributed by atoms with van der Waals surface area (Å²) in [5.74, 6) is 1.82. The lowest BCUT2D eigenvalue weighted by atomic mass is 10.1. The average molecular weight is 544 g/mol. The minimum Gasteiger partial charge on any atom is -0.493 e. The largest absolute Gasteiger partial charge is 0.493 e. The second-order valence-electron chi connectivity index (χ2n) is 6.01. The number of benzene rings is 1. The SMILES string of the molecule is CN=C(NCc1nc(C(F)(F)F)cs1)N(C)Cc1cc(OC)c(OC)cc1C.I. The summed E-state index contributed by atoms with van der Waals surface area (Å²) in [4.78, 5) is 9.67. The number of ether oxygens (including phenoxy) is 2. The minimum absolute atomic E-state index is 0. The summed E-state index contributed by atoms with van der Waals surface area (Å²) in [6, 6.07) is 3.79. The molecule has 2 aromatic rings. The second-order valence-corrected chi connectivity index (χ2v) is 6.96. The van der Waals surface area contributed by atoms with E-state index in [2.05, 4.69) is 15.3 Å². The van der Waals surface area contributed by atoms with E-state index in [0.29, 0.717) is 29.0 Å². The Morgan fingerprint density at radius 3 is 2.38 bits per heavy atom. The monoisotopic (exact) mass is 544 g/mol. The molecule has 2 rings (SSSR count). The predicted molar refractivity (Wildman–Crippen MR) is 118 cm³/mol. The van der Waals surface area contributed by atoms with E-state index in [0.717, 1.165) is 27.8 Å². The number of nitrogens with one attached hydrogen (secondary N) is 1. The first-order chi connectivity index (χ1) is 13.2. The Kier molecular flexibility index (Phi) is 9.46. The fraction of sp³-hybridized carbons (Fsp3) is 0.444. The maximum atomic E-state index is 12.7. The van der Waals surface area contributed by atoms with Crippen molar-refractivity contribution in [2.75, 3.05) is 28.3 Å². The van der Waals surface area contributed by atoms with Gasteiger partial charge in [-0.25, -0.2) is 4.98 Å². The number of aryl methyl sites for hydroxylation is 1. The molecule has 0 aliphatic rings. The molecule has 6 nitrogen and oxygen atoms in total. The van der Waals surface area contributed by atoms with Gasteiger partial charge >= 0.3 is 6.18 Å². The standard InChI is InChI=1S/C18H23F3N4O2S.HI/c1-11-6-13(26-4)14(27-5)7-12(11)9-25(3)17(22-2)23-8-16-24-15(10-28-16)18(19,20)21;/h6-7,10H,8-9H2,1-5H3,(H,22,23);1H. The Morgan fingerprint density at radius 1 is 1.24 bits per heavy atom. The molecule has 0 spiro atoms. The summed E-state index contributed by atoms with van der Waals surface area (Å²) in [5, 5.41) is 4.39. The molecule has 1 aromatic carbocycles. The van der Waals surface area contributed by atoms with Crippen molar-refractivity contribution in [3.63, 3.8) is 0 Å². The number of alkyl halides is 3. The Labute approximate surface area is 189 Å². The second kappa shape index (κ2) is 10.9. The number of aliphatic imine (C=N–C) groups is 1. The zero-order valence-electron chi connectivity index (χ0n) is 16.8. The van der Waals surface area contributed by atoms with Gasteiger partial charge in [0.2, 0.25) is 0 Å². The van der Waals surface area contributed by atoms with Crippen molar-refractivity contribution < 1.29 is 22.6 Å². The molecule has 11 heteroatoms. The van der Waals surface area contributed by atoms with Crippen LogP contribution in [-0.4, -0.2) is 44.2 Å². The molecule has 0 aliphatic heterocycles. The highest BCUT2D eigenvalue weighted by Gasteiger charge is 2.33. The molecule has 0 atom stereocenters. The van der Waals surface area contributed by atoms with Crippen LogP contribution in [0.2, 0.25) is 0 Å². The van der Waals surface area contributed by atoms with Gasteiger partial charge in [0.1, 0.15) is 5.01 Å². The average Bonchev–Trinajstić information content (AvgIpc) is 3.13. The van der Waals surface area contributed by atoms with Crippen LogP contribution >= 0.6 is 35.3 Å². The highest BCUT2D eigenvalue weighted by atomic mass is 127. The van der Waals surface area contributed by atoms with Gasteiger partial charge in [0.25, 0.3) is 0 Å². The van der Waals surface area contributed by atoms with E-state index in [1.54, 1.807) is 21.3 Å². The Morgan fingerprint density at radius 2 is 1.86 bits per heavy atom. The number of nitrogens with zero attached hydrogens (tertiary/aromatic N) is 3. The van der Waals surface area contributed by atoms with E-state index in [1.807, 2.05) is 31.0 Å². The number of guanidine groups is 1. The van der Waals surface area contributed by atoms with Crippen LogP contribution in [0.4, 0.5) is 13.2 Å². The molecule has 29 heavy (non-hydrogen) atoms. The molecule has 1 N–H and O–H groups in total. The van der Waals surface area contributed by atoms with E-state index in [4.69, 9.17) is 9.47 Å². The molecule has 0 unspecified atom stereocenters. The number of methoxy groups -OCH3 is 2. The first kappa shape index (κ1) is 25.3. The number of hydrogen-bond acceptors (Lipinski definition) is 5. The van der Waals surface area contributed by atoms with Crippen molar-refractivity contribution >= 4 is 41.3 Å². The van der Waals surface area contributed by atoms with Crippen LogP contribution in [0.25, 0.3) is 0 Å². The first-order valence-corrected chi connectivity index (χ1v) is 9.22. The van der Waals surface area contributed by atoms with Crippen LogP contribution in [0.15, 0.2) is 22.5 Å². The lowest BCUT2D eigenvalue weighted by molar-refractivity contribution is -0.140. The van der Waals surface area contributed by atoms with Crippen molar-refractivity contribution in [1.82, 2.24) is 15.2 Å². The summed E-state index contributed by atoms with van der Waals surface area (Å²) < 4.78 is 48.6. The lowest BCUT2D eigenvalue weighted by Gasteiger charge is -2.23. The van der Waals surface area contributed by atoms with E-state index in [-0.39, 0.29) is 30.5 Å². The quantitative estimate of drug-likeness (QED) is 0.334. The fourth-order valence-electron chi connectivity index (χ4n) is 2.59. The minimum atomic E-state index is -4.43. The molecule has 1 heterocycles. The fourth-order valence-corrected chi connectivity index (χ4v) is 3.33. The highest BCUT2D eigenvalue weighted by Crippen LogP contribution is 2.31. The molecule has 0 saturated carbocycles. The number of halogens is 4. The summed E-state index contributed by atoms with van der Waals surface area (Å²) >= 11 is 0.959. The summed E-state index contributed by atoms with van der Waals surface area (Å²) in [7, 11) is 6.61. The van der Waals surface area contributed by atoms with Crippen molar-refractivity contribution in [2.45, 2.75) is 26.2 Å². The molecule has 0 aliphatic carbocycles. The van der Waals surface area contributed by atoms with E-state index < -0.39 is 11.9 Å². The van der Waals surface area contributed by atoms with Crippen LogP contribution in [-0.2, 0) is 19.3 Å². The highest BCUT2D eigenvalue weighted by molar-refractivity contribution is 14.0. The molecular formula is C18H24F3IN4O2S. The third kappa shape index (κ3) is 6.63. The van der Waals surface area contributed by atoms with Crippen LogP contribution in [0.1, 0.15) is 21.8 Å². The van der Waals surface area contributed by atoms with E-state index in [1.165, 1.54) is 0 Å². The maximum Gasteiger partial charge on any atom is 0.434 e. The van der Waals surface area contributed by atoms with Gasteiger partial charge in [-0.1, -0.05) is 0 Å². The Hall–Kier alpha value is -1.76. The smallest absolute Gasteiger partial charge is 0.434 e. The number of hydrogen-bond donors (Lipinski definition) is 1. The van der Waals surface area contributed by atoms with E-state index in [9.17, 15) is 13.2 Å². The van der Waals surface area contributed by atoms with E-state index >= 15 is 0 Å².